The van der Waals surface area contributed by atoms with Gasteiger partial charge in [-0.1, -0.05) is 23.7 Å². The summed E-state index contributed by atoms with van der Waals surface area (Å²) in [6, 6.07) is 17.5. The van der Waals surface area contributed by atoms with Gasteiger partial charge in [0.1, 0.15) is 5.75 Å². The fourth-order valence-electron chi connectivity index (χ4n) is 2.19. The van der Waals surface area contributed by atoms with Crippen LogP contribution in [-0.4, -0.2) is 22.8 Å². The summed E-state index contributed by atoms with van der Waals surface area (Å²) in [6.45, 7) is 2.55. The lowest BCUT2D eigenvalue weighted by molar-refractivity contribution is 0.0726. The van der Waals surface area contributed by atoms with E-state index in [2.05, 4.69) is 10.2 Å². The van der Waals surface area contributed by atoms with Crippen LogP contribution in [0.25, 0.3) is 11.3 Å². The predicted octanol–water partition coefficient (Wildman–Crippen LogP) is 4.41. The van der Waals surface area contributed by atoms with E-state index >= 15 is 0 Å². The van der Waals surface area contributed by atoms with Gasteiger partial charge in [0.2, 0.25) is 5.88 Å². The van der Waals surface area contributed by atoms with Crippen LogP contribution in [0.5, 0.6) is 11.6 Å². The van der Waals surface area contributed by atoms with Gasteiger partial charge in [-0.15, -0.1) is 10.2 Å². The average molecular weight is 355 g/mol. The molecular weight excluding hydrogens is 340 g/mol. The molecule has 126 valence electrons. The quantitative estimate of drug-likeness (QED) is 0.635. The Morgan fingerprint density at radius 2 is 1.76 bits per heavy atom. The zero-order valence-electron chi connectivity index (χ0n) is 13.5. The lowest BCUT2D eigenvalue weighted by Gasteiger charge is -2.06. The first-order valence-electron chi connectivity index (χ1n) is 7.71. The second-order valence-electron chi connectivity index (χ2n) is 5.08. The summed E-state index contributed by atoms with van der Waals surface area (Å²) in [4.78, 5) is 12.1. The molecule has 0 atom stereocenters. The van der Waals surface area contributed by atoms with Crippen molar-refractivity contribution in [1.29, 1.82) is 0 Å². The molecule has 25 heavy (non-hydrogen) atoms. The van der Waals surface area contributed by atoms with E-state index in [1.165, 1.54) is 0 Å². The van der Waals surface area contributed by atoms with E-state index < -0.39 is 5.97 Å². The highest BCUT2D eigenvalue weighted by molar-refractivity contribution is 6.33. The Bertz CT molecular complexity index is 865. The maximum atomic E-state index is 12.1. The number of hydrogen-bond acceptors (Lipinski definition) is 5. The third-order valence-electron chi connectivity index (χ3n) is 3.39. The van der Waals surface area contributed by atoms with Gasteiger partial charge in [0, 0.05) is 11.6 Å². The Kier molecular flexibility index (Phi) is 5.26. The average Bonchev–Trinajstić information content (AvgIpc) is 2.64. The van der Waals surface area contributed by atoms with E-state index in [9.17, 15) is 4.79 Å². The molecule has 0 spiro atoms. The molecule has 1 heterocycles. The number of carbonyl (C=O) groups is 1. The third kappa shape index (κ3) is 4.14. The van der Waals surface area contributed by atoms with Crippen molar-refractivity contribution >= 4 is 17.6 Å². The zero-order chi connectivity index (χ0) is 17.6. The van der Waals surface area contributed by atoms with Crippen molar-refractivity contribution in [1.82, 2.24) is 10.2 Å². The number of benzene rings is 2. The summed E-state index contributed by atoms with van der Waals surface area (Å²) < 4.78 is 10.6. The smallest absolute Gasteiger partial charge is 0.346 e. The van der Waals surface area contributed by atoms with Crippen molar-refractivity contribution in [3.63, 3.8) is 0 Å². The van der Waals surface area contributed by atoms with E-state index in [1.54, 1.807) is 36.4 Å². The predicted molar refractivity (Wildman–Crippen MR) is 95.0 cm³/mol. The summed E-state index contributed by atoms with van der Waals surface area (Å²) in [5.41, 5.74) is 1.84. The van der Waals surface area contributed by atoms with Gasteiger partial charge in [0.25, 0.3) is 0 Å². The van der Waals surface area contributed by atoms with Crippen LogP contribution in [0.4, 0.5) is 0 Å². The minimum atomic E-state index is -0.575. The molecule has 3 rings (SSSR count). The summed E-state index contributed by atoms with van der Waals surface area (Å²) >= 11 is 5.98. The van der Waals surface area contributed by atoms with Crippen LogP contribution in [-0.2, 0) is 0 Å². The van der Waals surface area contributed by atoms with Crippen LogP contribution < -0.4 is 9.47 Å². The molecular formula is C19H15ClN2O3. The number of aromatic nitrogens is 2. The number of rotatable bonds is 5. The van der Waals surface area contributed by atoms with E-state index in [1.807, 2.05) is 31.2 Å². The standard InChI is InChI=1S/C19H15ClN2O3/c1-2-24-14-9-7-13(8-10-14)17-11-12-18(22-21-17)25-19(23)15-5-3-4-6-16(15)20/h3-12H,2H2,1H3. The highest BCUT2D eigenvalue weighted by atomic mass is 35.5. The number of hydrogen-bond donors (Lipinski definition) is 0. The molecule has 0 saturated heterocycles. The van der Waals surface area contributed by atoms with Crippen molar-refractivity contribution in [2.45, 2.75) is 6.92 Å². The van der Waals surface area contributed by atoms with Gasteiger partial charge in [-0.3, -0.25) is 0 Å². The molecule has 1 aromatic heterocycles. The number of esters is 1. The SMILES string of the molecule is CCOc1ccc(-c2ccc(OC(=O)c3ccccc3Cl)nn2)cc1. The van der Waals surface area contributed by atoms with Gasteiger partial charge in [-0.2, -0.15) is 0 Å². The van der Waals surface area contributed by atoms with Crippen LogP contribution in [0.2, 0.25) is 5.02 Å². The van der Waals surface area contributed by atoms with E-state index in [-0.39, 0.29) is 11.4 Å². The summed E-state index contributed by atoms with van der Waals surface area (Å²) in [5.74, 6) is 0.331. The van der Waals surface area contributed by atoms with Crippen LogP contribution >= 0.6 is 11.6 Å². The molecule has 0 N–H and O–H groups in total. The van der Waals surface area contributed by atoms with Crippen molar-refractivity contribution in [3.8, 4) is 22.9 Å². The van der Waals surface area contributed by atoms with Crippen molar-refractivity contribution in [2.24, 2.45) is 0 Å². The maximum absolute atomic E-state index is 12.1. The molecule has 0 aliphatic carbocycles. The van der Waals surface area contributed by atoms with Gasteiger partial charge in [0.05, 0.1) is 22.9 Å². The third-order valence-corrected chi connectivity index (χ3v) is 3.72. The highest BCUT2D eigenvalue weighted by Crippen LogP contribution is 2.22. The molecule has 0 aliphatic rings. The zero-order valence-corrected chi connectivity index (χ0v) is 14.2. The normalized spacial score (nSPS) is 10.3. The first-order chi connectivity index (χ1) is 12.2. The van der Waals surface area contributed by atoms with E-state index in [4.69, 9.17) is 21.1 Å². The van der Waals surface area contributed by atoms with Crippen LogP contribution in [0.15, 0.2) is 60.7 Å². The van der Waals surface area contributed by atoms with Crippen molar-refractivity contribution in [3.05, 3.63) is 71.2 Å². The molecule has 0 unspecified atom stereocenters. The van der Waals surface area contributed by atoms with Gasteiger partial charge >= 0.3 is 5.97 Å². The van der Waals surface area contributed by atoms with Crippen LogP contribution in [0.3, 0.4) is 0 Å². The molecule has 0 amide bonds. The van der Waals surface area contributed by atoms with Gasteiger partial charge in [-0.25, -0.2) is 4.79 Å². The Hall–Kier alpha value is -2.92. The van der Waals surface area contributed by atoms with Crippen molar-refractivity contribution in [2.75, 3.05) is 6.61 Å². The Morgan fingerprint density at radius 1 is 1.00 bits per heavy atom. The molecule has 5 nitrogen and oxygen atoms in total. The first kappa shape index (κ1) is 16.9. The largest absolute Gasteiger partial charge is 0.494 e. The van der Waals surface area contributed by atoms with Gasteiger partial charge in [-0.05, 0) is 49.4 Å². The van der Waals surface area contributed by atoms with E-state index in [0.717, 1.165) is 11.3 Å². The van der Waals surface area contributed by atoms with Gasteiger partial charge in [0.15, 0.2) is 0 Å². The molecule has 0 aliphatic heterocycles. The second-order valence-corrected chi connectivity index (χ2v) is 5.49. The molecule has 6 heteroatoms. The topological polar surface area (TPSA) is 61.3 Å². The molecule has 3 aromatic rings. The summed E-state index contributed by atoms with van der Waals surface area (Å²) in [6.07, 6.45) is 0. The Labute approximate surface area is 150 Å². The number of carbonyl (C=O) groups excluding carboxylic acids is 1. The molecule has 0 radical (unpaired) electrons. The minimum absolute atomic E-state index is 0.111. The van der Waals surface area contributed by atoms with E-state index in [0.29, 0.717) is 17.3 Å². The minimum Gasteiger partial charge on any atom is -0.494 e. The lowest BCUT2D eigenvalue weighted by Crippen LogP contribution is -2.10. The molecule has 0 saturated carbocycles. The molecule has 2 aromatic carbocycles. The van der Waals surface area contributed by atoms with Crippen LogP contribution in [0.1, 0.15) is 17.3 Å². The number of halogens is 1. The summed E-state index contributed by atoms with van der Waals surface area (Å²) in [5, 5.41) is 8.36. The number of ether oxygens (including phenoxy) is 2. The van der Waals surface area contributed by atoms with Gasteiger partial charge < -0.3 is 9.47 Å². The molecule has 0 fully saturated rings. The molecule has 0 bridgehead atoms. The lowest BCUT2D eigenvalue weighted by atomic mass is 10.1. The Balaban J connectivity index is 1.72. The first-order valence-corrected chi connectivity index (χ1v) is 8.09. The second kappa shape index (κ2) is 7.77. The highest BCUT2D eigenvalue weighted by Gasteiger charge is 2.13. The maximum Gasteiger partial charge on any atom is 0.346 e. The van der Waals surface area contributed by atoms with Crippen molar-refractivity contribution < 1.29 is 14.3 Å². The fourth-order valence-corrected chi connectivity index (χ4v) is 2.41. The number of nitrogens with zero attached hydrogens (tertiary/aromatic N) is 2. The Morgan fingerprint density at radius 3 is 2.40 bits per heavy atom. The summed E-state index contributed by atoms with van der Waals surface area (Å²) in [7, 11) is 0. The monoisotopic (exact) mass is 354 g/mol. The fraction of sp³-hybridized carbons (Fsp3) is 0.105. The van der Waals surface area contributed by atoms with Crippen LogP contribution in [0, 0.1) is 0 Å².